The van der Waals surface area contributed by atoms with Crippen molar-refractivity contribution in [2.45, 2.75) is 26.2 Å². The fourth-order valence-corrected chi connectivity index (χ4v) is 1.80. The van der Waals surface area contributed by atoms with Crippen molar-refractivity contribution in [3.05, 3.63) is 0 Å². The van der Waals surface area contributed by atoms with Crippen molar-refractivity contribution in [2.24, 2.45) is 5.73 Å². The predicted octanol–water partition coefficient (Wildman–Crippen LogP) is 0.240. The first-order valence-corrected chi connectivity index (χ1v) is 5.84. The maximum Gasteiger partial charge on any atom is 0.335 e. The molecule has 3 N–H and O–H groups in total. The number of nitrogens with two attached hydrogens (primary N) is 1. The molecule has 0 aromatic rings. The van der Waals surface area contributed by atoms with Crippen molar-refractivity contribution in [2.75, 3.05) is 19.6 Å². The predicted molar refractivity (Wildman–Crippen MR) is 51.7 cm³/mol. The molecule has 0 spiro atoms. The Bertz CT molecular complexity index is 216. The Hall–Kier alpha value is -0.170. The highest BCUT2D eigenvalue weighted by molar-refractivity contribution is 7.83. The van der Waals surface area contributed by atoms with Gasteiger partial charge in [-0.15, -0.1) is 0 Å². The molecule has 0 aromatic carbocycles. The molecular formula is C7H18N2O3S. The van der Waals surface area contributed by atoms with Gasteiger partial charge in [0.05, 0.1) is 0 Å². The van der Waals surface area contributed by atoms with E-state index in [0.717, 1.165) is 10.7 Å². The Kier molecular flexibility index (Phi) is 6.23. The maximum atomic E-state index is 10.8. The summed E-state index contributed by atoms with van der Waals surface area (Å²) in [6, 6.07) is 0. The summed E-state index contributed by atoms with van der Waals surface area (Å²) in [6.07, 6.45) is 2.16. The molecule has 0 rings (SSSR count). The largest absolute Gasteiger partial charge is 0.335 e. The molecule has 0 saturated heterocycles. The van der Waals surface area contributed by atoms with E-state index in [-0.39, 0.29) is 0 Å². The van der Waals surface area contributed by atoms with Crippen molar-refractivity contribution >= 4 is 10.3 Å². The van der Waals surface area contributed by atoms with Crippen LogP contribution in [0.3, 0.4) is 0 Å². The molecule has 0 aliphatic heterocycles. The summed E-state index contributed by atoms with van der Waals surface area (Å²) in [5, 5.41) is 0. The molecule has 0 radical (unpaired) electrons. The molecule has 0 aliphatic rings. The zero-order valence-corrected chi connectivity index (χ0v) is 8.76. The zero-order chi connectivity index (χ0) is 10.3. The summed E-state index contributed by atoms with van der Waals surface area (Å²) in [5.41, 5.74) is 5.27. The van der Waals surface area contributed by atoms with Crippen molar-refractivity contribution in [3.63, 3.8) is 0 Å². The Morgan fingerprint density at radius 2 is 1.92 bits per heavy atom. The fraction of sp³-hybridized carbons (Fsp3) is 1.00. The second-order valence-corrected chi connectivity index (χ2v) is 4.28. The van der Waals surface area contributed by atoms with Gasteiger partial charge in [-0.1, -0.05) is 6.92 Å². The molecule has 0 atom stereocenters. The van der Waals surface area contributed by atoms with E-state index in [0.29, 0.717) is 32.5 Å². The van der Waals surface area contributed by atoms with Gasteiger partial charge in [-0.3, -0.25) is 4.55 Å². The van der Waals surface area contributed by atoms with Gasteiger partial charge in [0.1, 0.15) is 0 Å². The average Bonchev–Trinajstić information content (AvgIpc) is 2.01. The summed E-state index contributed by atoms with van der Waals surface area (Å²) >= 11 is 0. The van der Waals surface area contributed by atoms with E-state index in [1.807, 2.05) is 6.92 Å². The van der Waals surface area contributed by atoms with Crippen molar-refractivity contribution in [1.82, 2.24) is 4.31 Å². The summed E-state index contributed by atoms with van der Waals surface area (Å²) in [7, 11) is -4.02. The van der Waals surface area contributed by atoms with Crippen LogP contribution in [0, 0.1) is 0 Å². The summed E-state index contributed by atoms with van der Waals surface area (Å²) in [4.78, 5) is 0. The third-order valence-electron chi connectivity index (χ3n) is 1.66. The highest BCUT2D eigenvalue weighted by atomic mass is 32.2. The lowest BCUT2D eigenvalue weighted by Gasteiger charge is -2.16. The molecule has 5 nitrogen and oxygen atoms in total. The van der Waals surface area contributed by atoms with Gasteiger partial charge >= 0.3 is 10.3 Å². The summed E-state index contributed by atoms with van der Waals surface area (Å²) in [6.45, 7) is 3.12. The van der Waals surface area contributed by atoms with Gasteiger partial charge in [0, 0.05) is 13.1 Å². The molecule has 0 unspecified atom stereocenters. The van der Waals surface area contributed by atoms with Crippen LogP contribution in [-0.2, 0) is 10.3 Å². The Morgan fingerprint density at radius 1 is 1.31 bits per heavy atom. The van der Waals surface area contributed by atoms with Crippen molar-refractivity contribution in [3.8, 4) is 0 Å². The van der Waals surface area contributed by atoms with Crippen LogP contribution in [0.1, 0.15) is 26.2 Å². The highest BCUT2D eigenvalue weighted by Crippen LogP contribution is 2.01. The lowest BCUT2D eigenvalue weighted by Crippen LogP contribution is -2.32. The number of unbranched alkanes of at least 4 members (excludes halogenated alkanes) is 1. The number of nitrogens with zero attached hydrogens (tertiary/aromatic N) is 1. The van der Waals surface area contributed by atoms with E-state index < -0.39 is 10.3 Å². The molecule has 13 heavy (non-hydrogen) atoms. The van der Waals surface area contributed by atoms with Crippen LogP contribution in [0.4, 0.5) is 0 Å². The van der Waals surface area contributed by atoms with Crippen LogP contribution in [-0.4, -0.2) is 36.9 Å². The molecule has 0 amide bonds. The standard InChI is InChI=1S/C7H18N2O3S/c1-2-6-9(13(10,11)12)7-4-3-5-8/h2-8H2,1H3,(H,10,11,12). The van der Waals surface area contributed by atoms with Gasteiger partial charge in [-0.05, 0) is 25.8 Å². The number of hydrogen-bond donors (Lipinski definition) is 2. The Balaban J connectivity index is 3.96. The first-order valence-electron chi connectivity index (χ1n) is 4.45. The molecule has 0 saturated carbocycles. The van der Waals surface area contributed by atoms with E-state index in [1.165, 1.54) is 0 Å². The van der Waals surface area contributed by atoms with Gasteiger partial charge in [0.25, 0.3) is 0 Å². The van der Waals surface area contributed by atoms with E-state index in [9.17, 15) is 8.42 Å². The Labute approximate surface area is 79.8 Å². The molecule has 0 fully saturated rings. The molecular weight excluding hydrogens is 192 g/mol. The second kappa shape index (κ2) is 6.31. The van der Waals surface area contributed by atoms with Crippen molar-refractivity contribution < 1.29 is 13.0 Å². The minimum absolute atomic E-state index is 0.351. The number of hydrogen-bond acceptors (Lipinski definition) is 3. The smallest absolute Gasteiger partial charge is 0.330 e. The number of rotatable bonds is 7. The molecule has 0 aliphatic carbocycles. The van der Waals surface area contributed by atoms with Crippen molar-refractivity contribution in [1.29, 1.82) is 0 Å². The first-order chi connectivity index (χ1) is 6.02. The van der Waals surface area contributed by atoms with Crippen LogP contribution >= 0.6 is 0 Å². The van der Waals surface area contributed by atoms with E-state index >= 15 is 0 Å². The molecule has 80 valence electrons. The monoisotopic (exact) mass is 210 g/mol. The van der Waals surface area contributed by atoms with Gasteiger partial charge in [0.2, 0.25) is 0 Å². The van der Waals surface area contributed by atoms with Gasteiger partial charge in [0.15, 0.2) is 0 Å². The van der Waals surface area contributed by atoms with Gasteiger partial charge < -0.3 is 5.73 Å². The van der Waals surface area contributed by atoms with Gasteiger partial charge in [-0.2, -0.15) is 12.7 Å². The van der Waals surface area contributed by atoms with E-state index in [4.69, 9.17) is 10.3 Å². The SMILES string of the molecule is CCCN(CCCCN)S(=O)(=O)O. The first kappa shape index (κ1) is 12.8. The van der Waals surface area contributed by atoms with E-state index in [1.54, 1.807) is 0 Å². The normalized spacial score (nSPS) is 12.3. The third-order valence-corrected chi connectivity index (χ3v) is 2.68. The third kappa shape index (κ3) is 5.98. The van der Waals surface area contributed by atoms with Crippen LogP contribution in [0.2, 0.25) is 0 Å². The minimum atomic E-state index is -4.02. The molecule has 6 heteroatoms. The Morgan fingerprint density at radius 3 is 2.31 bits per heavy atom. The van der Waals surface area contributed by atoms with Crippen LogP contribution in [0.15, 0.2) is 0 Å². The highest BCUT2D eigenvalue weighted by Gasteiger charge is 2.16. The van der Waals surface area contributed by atoms with Crippen LogP contribution in [0.5, 0.6) is 0 Å². The summed E-state index contributed by atoms with van der Waals surface area (Å²) < 4.78 is 31.4. The van der Waals surface area contributed by atoms with E-state index in [2.05, 4.69) is 0 Å². The topological polar surface area (TPSA) is 83.6 Å². The lowest BCUT2D eigenvalue weighted by molar-refractivity contribution is 0.345. The lowest BCUT2D eigenvalue weighted by atomic mass is 10.3. The zero-order valence-electron chi connectivity index (χ0n) is 7.94. The van der Waals surface area contributed by atoms with Crippen LogP contribution < -0.4 is 5.73 Å². The molecule has 0 bridgehead atoms. The second-order valence-electron chi connectivity index (χ2n) is 2.87. The molecule has 0 aromatic heterocycles. The van der Waals surface area contributed by atoms with Crippen LogP contribution in [0.25, 0.3) is 0 Å². The minimum Gasteiger partial charge on any atom is -0.330 e. The fourth-order valence-electron chi connectivity index (χ4n) is 1.02. The van der Waals surface area contributed by atoms with Gasteiger partial charge in [-0.25, -0.2) is 0 Å². The molecule has 0 heterocycles. The quantitative estimate of drug-likeness (QED) is 0.466. The average molecular weight is 210 g/mol. The summed E-state index contributed by atoms with van der Waals surface area (Å²) in [5.74, 6) is 0. The maximum absolute atomic E-state index is 10.8.